The number of benzene rings is 2. The number of para-hydroxylation sites is 1. The standard InChI is InChI=1S/C17H15N3S/c1-11-5-2-6-13(17(18)21)16(11)20-15-9-3-8-14-12(15)7-4-10-19-14/h2-10,20H,1H3,(H2,18,21). The summed E-state index contributed by atoms with van der Waals surface area (Å²) in [5.41, 5.74) is 10.7. The molecule has 0 unspecified atom stereocenters. The van der Waals surface area contributed by atoms with Crippen molar-refractivity contribution in [2.45, 2.75) is 6.92 Å². The number of nitrogens with zero attached hydrogens (tertiary/aromatic N) is 1. The smallest absolute Gasteiger partial charge is 0.106 e. The molecule has 2 aromatic carbocycles. The Morgan fingerprint density at radius 3 is 2.71 bits per heavy atom. The minimum absolute atomic E-state index is 0.388. The monoisotopic (exact) mass is 293 g/mol. The predicted octanol–water partition coefficient (Wildman–Crippen LogP) is 3.92. The maximum Gasteiger partial charge on any atom is 0.106 e. The van der Waals surface area contributed by atoms with Gasteiger partial charge in [0.1, 0.15) is 4.99 Å². The van der Waals surface area contributed by atoms with Gasteiger partial charge >= 0.3 is 0 Å². The lowest BCUT2D eigenvalue weighted by molar-refractivity contribution is 1.40. The topological polar surface area (TPSA) is 50.9 Å². The van der Waals surface area contributed by atoms with E-state index in [2.05, 4.69) is 10.3 Å². The van der Waals surface area contributed by atoms with Gasteiger partial charge in [-0.1, -0.05) is 30.4 Å². The molecule has 104 valence electrons. The molecule has 0 aliphatic rings. The second kappa shape index (κ2) is 5.50. The Morgan fingerprint density at radius 2 is 1.90 bits per heavy atom. The van der Waals surface area contributed by atoms with Gasteiger partial charge in [-0.25, -0.2) is 0 Å². The zero-order valence-electron chi connectivity index (χ0n) is 11.6. The molecular weight excluding hydrogens is 278 g/mol. The first-order valence-electron chi connectivity index (χ1n) is 6.67. The first kappa shape index (κ1) is 13.5. The number of hydrogen-bond donors (Lipinski definition) is 2. The molecule has 0 aliphatic heterocycles. The van der Waals surface area contributed by atoms with Crippen molar-refractivity contribution in [1.82, 2.24) is 4.98 Å². The Bertz CT molecular complexity index is 822. The van der Waals surface area contributed by atoms with Gasteiger partial charge in [-0.05, 0) is 42.8 Å². The second-order valence-corrected chi connectivity index (χ2v) is 5.30. The zero-order valence-corrected chi connectivity index (χ0v) is 12.4. The third-order valence-corrected chi connectivity index (χ3v) is 3.66. The number of hydrogen-bond acceptors (Lipinski definition) is 3. The van der Waals surface area contributed by atoms with Crippen molar-refractivity contribution in [3.05, 3.63) is 65.9 Å². The molecule has 0 atom stereocenters. The lowest BCUT2D eigenvalue weighted by atomic mass is 10.1. The molecular formula is C17H15N3S. The number of pyridine rings is 1. The SMILES string of the molecule is Cc1cccc(C(N)=S)c1Nc1cccc2ncccc12. The van der Waals surface area contributed by atoms with Gasteiger partial charge < -0.3 is 11.1 Å². The molecule has 0 aliphatic carbocycles. The van der Waals surface area contributed by atoms with Crippen molar-refractivity contribution in [3.63, 3.8) is 0 Å². The molecule has 3 aromatic rings. The summed E-state index contributed by atoms with van der Waals surface area (Å²) in [7, 11) is 0. The minimum Gasteiger partial charge on any atom is -0.389 e. The van der Waals surface area contributed by atoms with E-state index in [-0.39, 0.29) is 0 Å². The number of fused-ring (bicyclic) bond motifs is 1. The Kier molecular flexibility index (Phi) is 3.54. The van der Waals surface area contributed by atoms with Crippen molar-refractivity contribution in [2.24, 2.45) is 5.73 Å². The third kappa shape index (κ3) is 2.58. The summed E-state index contributed by atoms with van der Waals surface area (Å²) in [4.78, 5) is 4.76. The highest BCUT2D eigenvalue weighted by atomic mass is 32.1. The highest BCUT2D eigenvalue weighted by molar-refractivity contribution is 7.80. The molecule has 0 saturated heterocycles. The Balaban J connectivity index is 2.13. The first-order chi connectivity index (χ1) is 10.2. The fraction of sp³-hybridized carbons (Fsp3) is 0.0588. The van der Waals surface area contributed by atoms with Crippen LogP contribution in [0.15, 0.2) is 54.7 Å². The number of aryl methyl sites for hydroxylation is 1. The van der Waals surface area contributed by atoms with Crippen molar-refractivity contribution in [3.8, 4) is 0 Å². The normalized spacial score (nSPS) is 10.5. The van der Waals surface area contributed by atoms with Gasteiger partial charge in [-0.2, -0.15) is 0 Å². The van der Waals surface area contributed by atoms with Gasteiger partial charge in [0.05, 0.1) is 11.2 Å². The number of thiocarbonyl (C=S) groups is 1. The van der Waals surface area contributed by atoms with E-state index in [1.807, 2.05) is 55.5 Å². The van der Waals surface area contributed by atoms with E-state index >= 15 is 0 Å². The van der Waals surface area contributed by atoms with Crippen molar-refractivity contribution in [1.29, 1.82) is 0 Å². The number of aromatic nitrogens is 1. The number of nitrogens with two attached hydrogens (primary N) is 1. The number of anilines is 2. The summed E-state index contributed by atoms with van der Waals surface area (Å²) in [5, 5.41) is 4.52. The largest absolute Gasteiger partial charge is 0.389 e. The fourth-order valence-electron chi connectivity index (χ4n) is 2.39. The molecule has 0 saturated carbocycles. The summed E-state index contributed by atoms with van der Waals surface area (Å²) < 4.78 is 0. The number of rotatable bonds is 3. The van der Waals surface area contributed by atoms with Gasteiger partial charge in [-0.15, -0.1) is 0 Å². The van der Waals surface area contributed by atoms with Crippen LogP contribution in [-0.2, 0) is 0 Å². The van der Waals surface area contributed by atoms with Gasteiger partial charge in [0, 0.05) is 22.8 Å². The molecule has 3 rings (SSSR count). The molecule has 1 heterocycles. The van der Waals surface area contributed by atoms with E-state index in [4.69, 9.17) is 18.0 Å². The maximum absolute atomic E-state index is 5.83. The number of nitrogens with one attached hydrogen (secondary N) is 1. The Labute approximate surface area is 128 Å². The first-order valence-corrected chi connectivity index (χ1v) is 7.08. The predicted molar refractivity (Wildman–Crippen MR) is 92.1 cm³/mol. The van der Waals surface area contributed by atoms with Crippen LogP contribution in [-0.4, -0.2) is 9.97 Å². The fourth-order valence-corrected chi connectivity index (χ4v) is 2.56. The molecule has 3 N–H and O–H groups in total. The average molecular weight is 293 g/mol. The van der Waals surface area contributed by atoms with Gasteiger partial charge in [-0.3, -0.25) is 4.98 Å². The summed E-state index contributed by atoms with van der Waals surface area (Å²) in [6.45, 7) is 2.04. The molecule has 0 spiro atoms. The van der Waals surface area contributed by atoms with E-state index in [1.165, 1.54) is 0 Å². The van der Waals surface area contributed by atoms with Crippen LogP contribution in [0, 0.1) is 6.92 Å². The van der Waals surface area contributed by atoms with Crippen LogP contribution in [0.2, 0.25) is 0 Å². The quantitative estimate of drug-likeness (QED) is 0.719. The van der Waals surface area contributed by atoms with Crippen LogP contribution < -0.4 is 11.1 Å². The summed E-state index contributed by atoms with van der Waals surface area (Å²) in [6.07, 6.45) is 1.79. The van der Waals surface area contributed by atoms with Crippen LogP contribution in [0.25, 0.3) is 10.9 Å². The van der Waals surface area contributed by atoms with E-state index in [0.29, 0.717) is 4.99 Å². The van der Waals surface area contributed by atoms with Crippen molar-refractivity contribution in [2.75, 3.05) is 5.32 Å². The third-order valence-electron chi connectivity index (χ3n) is 3.44. The lowest BCUT2D eigenvalue weighted by Crippen LogP contribution is -2.12. The molecule has 3 nitrogen and oxygen atoms in total. The van der Waals surface area contributed by atoms with Crippen molar-refractivity contribution < 1.29 is 0 Å². The molecule has 4 heteroatoms. The second-order valence-electron chi connectivity index (χ2n) is 4.86. The maximum atomic E-state index is 5.83. The molecule has 1 aromatic heterocycles. The zero-order chi connectivity index (χ0) is 14.8. The van der Waals surface area contributed by atoms with Crippen LogP contribution >= 0.6 is 12.2 Å². The van der Waals surface area contributed by atoms with Gasteiger partial charge in [0.2, 0.25) is 0 Å². The average Bonchev–Trinajstić information content (AvgIpc) is 2.49. The summed E-state index contributed by atoms with van der Waals surface area (Å²) >= 11 is 5.15. The lowest BCUT2D eigenvalue weighted by Gasteiger charge is -2.15. The van der Waals surface area contributed by atoms with Crippen LogP contribution in [0.5, 0.6) is 0 Å². The van der Waals surface area contributed by atoms with Gasteiger partial charge in [0.25, 0.3) is 0 Å². The van der Waals surface area contributed by atoms with Gasteiger partial charge in [0.15, 0.2) is 0 Å². The van der Waals surface area contributed by atoms with E-state index in [0.717, 1.165) is 33.4 Å². The van der Waals surface area contributed by atoms with Crippen LogP contribution in [0.3, 0.4) is 0 Å². The van der Waals surface area contributed by atoms with E-state index in [1.54, 1.807) is 6.20 Å². The molecule has 0 radical (unpaired) electrons. The Morgan fingerprint density at radius 1 is 1.10 bits per heavy atom. The van der Waals surface area contributed by atoms with Crippen molar-refractivity contribution >= 4 is 39.5 Å². The highest BCUT2D eigenvalue weighted by Crippen LogP contribution is 2.29. The summed E-state index contributed by atoms with van der Waals surface area (Å²) in [6, 6.07) is 15.9. The van der Waals surface area contributed by atoms with Crippen LogP contribution in [0.4, 0.5) is 11.4 Å². The summed E-state index contributed by atoms with van der Waals surface area (Å²) in [5.74, 6) is 0. The van der Waals surface area contributed by atoms with E-state index < -0.39 is 0 Å². The molecule has 0 fully saturated rings. The molecule has 21 heavy (non-hydrogen) atoms. The highest BCUT2D eigenvalue weighted by Gasteiger charge is 2.09. The van der Waals surface area contributed by atoms with E-state index in [9.17, 15) is 0 Å². The minimum atomic E-state index is 0.388. The molecule has 0 bridgehead atoms. The van der Waals surface area contributed by atoms with Crippen LogP contribution in [0.1, 0.15) is 11.1 Å². The Hall–Kier alpha value is -2.46. The molecule has 0 amide bonds.